The number of hydrogen-bond acceptors (Lipinski definition) is 3. The summed E-state index contributed by atoms with van der Waals surface area (Å²) in [4.78, 5) is 0. The van der Waals surface area contributed by atoms with Gasteiger partial charge in [0.1, 0.15) is 5.75 Å². The van der Waals surface area contributed by atoms with Crippen LogP contribution in [0.3, 0.4) is 0 Å². The van der Waals surface area contributed by atoms with Gasteiger partial charge < -0.3 is 14.9 Å². The Morgan fingerprint density at radius 3 is 2.45 bits per heavy atom. The van der Waals surface area contributed by atoms with Crippen molar-refractivity contribution in [2.45, 2.75) is 44.6 Å². The lowest BCUT2D eigenvalue weighted by atomic mass is 10.0. The van der Waals surface area contributed by atoms with Crippen molar-refractivity contribution in [3.8, 4) is 17.2 Å². The average molecular weight is 298 g/mol. The molecular weight excluding hydrogens is 276 g/mol. The summed E-state index contributed by atoms with van der Waals surface area (Å²) in [7, 11) is 0. The second-order valence-electron chi connectivity index (χ2n) is 5.99. The molecule has 1 atom stereocenters. The SMILES string of the molecule is Oc1ccc2cc1Oc1ccc(cc1)CC[C@@H](O)CCCC2. The lowest BCUT2D eigenvalue weighted by molar-refractivity contribution is 0.151. The van der Waals surface area contributed by atoms with Gasteiger partial charge in [-0.25, -0.2) is 0 Å². The summed E-state index contributed by atoms with van der Waals surface area (Å²) in [6, 6.07) is 13.4. The quantitative estimate of drug-likeness (QED) is 0.766. The minimum Gasteiger partial charge on any atom is -0.504 e. The van der Waals surface area contributed by atoms with Crippen molar-refractivity contribution in [2.24, 2.45) is 0 Å². The number of benzene rings is 2. The van der Waals surface area contributed by atoms with Crippen LogP contribution in [-0.4, -0.2) is 16.3 Å². The number of aromatic hydroxyl groups is 1. The first kappa shape index (κ1) is 14.9. The highest BCUT2D eigenvalue weighted by Gasteiger charge is 2.09. The smallest absolute Gasteiger partial charge is 0.169 e. The van der Waals surface area contributed by atoms with Gasteiger partial charge in [0.25, 0.3) is 0 Å². The van der Waals surface area contributed by atoms with E-state index in [1.165, 1.54) is 5.56 Å². The maximum atomic E-state index is 10.1. The highest BCUT2D eigenvalue weighted by molar-refractivity contribution is 5.44. The Labute approximate surface area is 131 Å². The Bertz CT molecular complexity index is 619. The molecule has 0 radical (unpaired) electrons. The minimum absolute atomic E-state index is 0.160. The van der Waals surface area contributed by atoms with Crippen molar-refractivity contribution in [1.82, 2.24) is 0 Å². The van der Waals surface area contributed by atoms with Crippen molar-refractivity contribution in [2.75, 3.05) is 0 Å². The molecule has 2 aromatic rings. The van der Waals surface area contributed by atoms with E-state index in [0.29, 0.717) is 11.5 Å². The number of aryl methyl sites for hydroxylation is 2. The maximum Gasteiger partial charge on any atom is 0.169 e. The Kier molecular flexibility index (Phi) is 4.64. The molecule has 2 aromatic carbocycles. The number of aliphatic hydroxyl groups excluding tert-OH is 1. The average Bonchev–Trinajstić information content (AvgIpc) is 2.54. The summed E-state index contributed by atoms with van der Waals surface area (Å²) in [5.41, 5.74) is 2.34. The zero-order valence-corrected chi connectivity index (χ0v) is 12.7. The molecule has 2 aliphatic rings. The molecule has 2 heterocycles. The van der Waals surface area contributed by atoms with Crippen molar-refractivity contribution >= 4 is 0 Å². The monoisotopic (exact) mass is 298 g/mol. The van der Waals surface area contributed by atoms with Gasteiger partial charge in [-0.3, -0.25) is 0 Å². The van der Waals surface area contributed by atoms with E-state index in [-0.39, 0.29) is 11.9 Å². The fourth-order valence-corrected chi connectivity index (χ4v) is 2.83. The topological polar surface area (TPSA) is 49.7 Å². The molecule has 3 nitrogen and oxygen atoms in total. The van der Waals surface area contributed by atoms with Crippen LogP contribution in [0.2, 0.25) is 0 Å². The summed E-state index contributed by atoms with van der Waals surface area (Å²) >= 11 is 0. The van der Waals surface area contributed by atoms with E-state index in [4.69, 9.17) is 4.74 Å². The third kappa shape index (κ3) is 3.80. The fourth-order valence-electron chi connectivity index (χ4n) is 2.83. The van der Waals surface area contributed by atoms with E-state index in [9.17, 15) is 10.2 Å². The number of rotatable bonds is 0. The van der Waals surface area contributed by atoms with Crippen LogP contribution in [0.15, 0.2) is 42.5 Å². The largest absolute Gasteiger partial charge is 0.504 e. The zero-order valence-electron chi connectivity index (χ0n) is 12.7. The van der Waals surface area contributed by atoms with E-state index in [1.54, 1.807) is 6.07 Å². The van der Waals surface area contributed by atoms with Gasteiger partial charge in [0.15, 0.2) is 11.5 Å². The molecule has 116 valence electrons. The van der Waals surface area contributed by atoms with Crippen molar-refractivity contribution in [3.05, 3.63) is 53.6 Å². The van der Waals surface area contributed by atoms with Crippen LogP contribution in [0.5, 0.6) is 17.2 Å². The molecule has 4 bridgehead atoms. The Morgan fingerprint density at radius 1 is 0.864 bits per heavy atom. The molecule has 0 fully saturated rings. The Morgan fingerprint density at radius 2 is 1.64 bits per heavy atom. The molecule has 0 aliphatic carbocycles. The Balaban J connectivity index is 1.87. The number of hydrogen-bond donors (Lipinski definition) is 2. The van der Waals surface area contributed by atoms with Gasteiger partial charge in [-0.15, -0.1) is 0 Å². The molecular formula is C19H22O3. The number of phenols is 1. The van der Waals surface area contributed by atoms with E-state index in [0.717, 1.165) is 44.1 Å². The van der Waals surface area contributed by atoms with Gasteiger partial charge in [0.05, 0.1) is 6.10 Å². The van der Waals surface area contributed by atoms with E-state index in [2.05, 4.69) is 0 Å². The van der Waals surface area contributed by atoms with Crippen LogP contribution in [0.1, 0.15) is 36.8 Å². The van der Waals surface area contributed by atoms with Crippen LogP contribution in [0.4, 0.5) is 0 Å². The predicted octanol–water partition coefficient (Wildman–Crippen LogP) is 4.20. The van der Waals surface area contributed by atoms with Crippen LogP contribution >= 0.6 is 0 Å². The van der Waals surface area contributed by atoms with Gasteiger partial charge in [0, 0.05) is 0 Å². The lowest BCUT2D eigenvalue weighted by Gasteiger charge is -2.10. The lowest BCUT2D eigenvalue weighted by Crippen LogP contribution is -2.08. The molecule has 2 aliphatic heterocycles. The molecule has 2 N–H and O–H groups in total. The molecule has 0 saturated heterocycles. The predicted molar refractivity (Wildman–Crippen MR) is 86.5 cm³/mol. The first-order valence-electron chi connectivity index (χ1n) is 7.97. The fraction of sp³-hybridized carbons (Fsp3) is 0.368. The first-order valence-corrected chi connectivity index (χ1v) is 7.97. The standard InChI is InChI=1S/C19H22O3/c20-16-4-2-1-3-15-8-12-18(21)19(13-15)22-17-10-6-14(5-9-16)7-11-17/h6-8,10-13,16,20-21H,1-5,9H2/t16-/m0/s1. The van der Waals surface area contributed by atoms with Gasteiger partial charge in [-0.1, -0.05) is 24.6 Å². The third-order valence-electron chi connectivity index (χ3n) is 4.19. The van der Waals surface area contributed by atoms with Crippen LogP contribution < -0.4 is 4.74 Å². The van der Waals surface area contributed by atoms with Gasteiger partial charge in [-0.05, 0) is 67.5 Å². The van der Waals surface area contributed by atoms with Crippen LogP contribution in [0.25, 0.3) is 0 Å². The second-order valence-corrected chi connectivity index (χ2v) is 5.99. The normalized spacial score (nSPS) is 19.0. The van der Waals surface area contributed by atoms with Gasteiger partial charge in [0.2, 0.25) is 0 Å². The zero-order chi connectivity index (χ0) is 15.4. The molecule has 0 aromatic heterocycles. The summed E-state index contributed by atoms with van der Waals surface area (Å²) in [5, 5.41) is 20.0. The van der Waals surface area contributed by atoms with Crippen LogP contribution in [-0.2, 0) is 12.8 Å². The maximum absolute atomic E-state index is 10.1. The molecule has 3 heteroatoms. The van der Waals surface area contributed by atoms with Crippen LogP contribution in [0, 0.1) is 0 Å². The third-order valence-corrected chi connectivity index (χ3v) is 4.19. The minimum atomic E-state index is -0.226. The molecule has 22 heavy (non-hydrogen) atoms. The highest BCUT2D eigenvalue weighted by atomic mass is 16.5. The molecule has 0 amide bonds. The molecule has 4 rings (SSSR count). The summed E-state index contributed by atoms with van der Waals surface area (Å²) in [6.45, 7) is 0. The highest BCUT2D eigenvalue weighted by Crippen LogP contribution is 2.32. The first-order chi connectivity index (χ1) is 10.7. The number of phenolic OH excluding ortho intramolecular Hbond substituents is 1. The summed E-state index contributed by atoms with van der Waals surface area (Å²) < 4.78 is 5.80. The number of fused-ring (bicyclic) bond motifs is 8. The molecule has 0 spiro atoms. The molecule has 0 saturated carbocycles. The molecule has 0 unspecified atom stereocenters. The van der Waals surface area contributed by atoms with Crippen molar-refractivity contribution in [3.63, 3.8) is 0 Å². The van der Waals surface area contributed by atoms with E-state index >= 15 is 0 Å². The second kappa shape index (κ2) is 6.84. The Hall–Kier alpha value is -2.00. The summed E-state index contributed by atoms with van der Waals surface area (Å²) in [6.07, 6.45) is 5.27. The van der Waals surface area contributed by atoms with E-state index < -0.39 is 0 Å². The van der Waals surface area contributed by atoms with Crippen molar-refractivity contribution < 1.29 is 14.9 Å². The summed E-state index contributed by atoms with van der Waals surface area (Å²) in [5.74, 6) is 1.37. The van der Waals surface area contributed by atoms with Gasteiger partial charge in [-0.2, -0.15) is 0 Å². The van der Waals surface area contributed by atoms with Crippen molar-refractivity contribution in [1.29, 1.82) is 0 Å². The number of aliphatic hydroxyl groups is 1. The number of ether oxygens (including phenoxy) is 1. The van der Waals surface area contributed by atoms with Gasteiger partial charge >= 0.3 is 0 Å². The van der Waals surface area contributed by atoms with E-state index in [1.807, 2.05) is 36.4 Å².